The van der Waals surface area contributed by atoms with Crippen molar-refractivity contribution >= 4 is 0 Å². The Morgan fingerprint density at radius 3 is 2.27 bits per heavy atom. The second-order valence-corrected chi connectivity index (χ2v) is 6.75. The molecule has 1 aromatic carbocycles. The van der Waals surface area contributed by atoms with E-state index in [0.717, 1.165) is 18.8 Å². The SMILES string of the molecule is CCCCC(CC)COc1cc(C)c(CC=C(C)C)c(C)c1. The van der Waals surface area contributed by atoms with E-state index in [1.54, 1.807) is 0 Å². The van der Waals surface area contributed by atoms with E-state index in [9.17, 15) is 0 Å². The minimum Gasteiger partial charge on any atom is -0.493 e. The van der Waals surface area contributed by atoms with Crippen LogP contribution in [-0.2, 0) is 6.42 Å². The molecular weight excluding hydrogens is 268 g/mol. The van der Waals surface area contributed by atoms with Crippen molar-refractivity contribution < 1.29 is 4.74 Å². The Morgan fingerprint density at radius 1 is 1.14 bits per heavy atom. The maximum atomic E-state index is 6.08. The van der Waals surface area contributed by atoms with Gasteiger partial charge in [-0.3, -0.25) is 0 Å². The second kappa shape index (κ2) is 9.71. The lowest BCUT2D eigenvalue weighted by molar-refractivity contribution is 0.233. The van der Waals surface area contributed by atoms with Crippen LogP contribution in [0.3, 0.4) is 0 Å². The summed E-state index contributed by atoms with van der Waals surface area (Å²) in [5, 5.41) is 0. The first kappa shape index (κ1) is 18.8. The second-order valence-electron chi connectivity index (χ2n) is 6.75. The standard InChI is InChI=1S/C21H34O/c1-7-9-10-19(8-2)15-22-20-13-17(5)21(18(6)14-20)12-11-16(3)4/h11,13-14,19H,7-10,12,15H2,1-6H3. The summed E-state index contributed by atoms with van der Waals surface area (Å²) in [5.41, 5.74) is 5.50. The molecule has 1 rings (SSSR count). The molecule has 1 nitrogen and oxygen atoms in total. The Hall–Kier alpha value is -1.24. The number of ether oxygens (including phenoxy) is 1. The summed E-state index contributed by atoms with van der Waals surface area (Å²) in [4.78, 5) is 0. The van der Waals surface area contributed by atoms with Gasteiger partial charge < -0.3 is 4.74 Å². The smallest absolute Gasteiger partial charge is 0.119 e. The van der Waals surface area contributed by atoms with Gasteiger partial charge in [-0.05, 0) is 75.3 Å². The average molecular weight is 303 g/mol. The Morgan fingerprint density at radius 2 is 1.77 bits per heavy atom. The van der Waals surface area contributed by atoms with Crippen molar-refractivity contribution in [2.75, 3.05) is 6.61 Å². The van der Waals surface area contributed by atoms with Crippen LogP contribution in [0.5, 0.6) is 5.75 Å². The molecule has 22 heavy (non-hydrogen) atoms. The van der Waals surface area contributed by atoms with E-state index in [4.69, 9.17) is 4.74 Å². The van der Waals surface area contributed by atoms with E-state index in [1.807, 2.05) is 0 Å². The molecular formula is C21H34O. The fraction of sp³-hybridized carbons (Fsp3) is 0.619. The zero-order chi connectivity index (χ0) is 16.5. The van der Waals surface area contributed by atoms with Gasteiger partial charge in [0.15, 0.2) is 0 Å². The maximum Gasteiger partial charge on any atom is 0.119 e. The molecule has 124 valence electrons. The summed E-state index contributed by atoms with van der Waals surface area (Å²) >= 11 is 0. The van der Waals surface area contributed by atoms with Gasteiger partial charge >= 0.3 is 0 Å². The summed E-state index contributed by atoms with van der Waals surface area (Å²) in [6, 6.07) is 4.40. The van der Waals surface area contributed by atoms with Crippen molar-refractivity contribution in [1.82, 2.24) is 0 Å². The van der Waals surface area contributed by atoms with E-state index in [2.05, 4.69) is 59.8 Å². The number of allylic oxidation sites excluding steroid dienone is 2. The van der Waals surface area contributed by atoms with Gasteiger partial charge in [-0.1, -0.05) is 44.8 Å². The highest BCUT2D eigenvalue weighted by atomic mass is 16.5. The lowest BCUT2D eigenvalue weighted by atomic mass is 9.98. The number of benzene rings is 1. The fourth-order valence-corrected chi connectivity index (χ4v) is 2.78. The third-order valence-electron chi connectivity index (χ3n) is 4.41. The first-order valence-electron chi connectivity index (χ1n) is 8.84. The van der Waals surface area contributed by atoms with E-state index < -0.39 is 0 Å². The molecule has 1 heteroatoms. The first-order valence-corrected chi connectivity index (χ1v) is 8.84. The highest BCUT2D eigenvalue weighted by Crippen LogP contribution is 2.24. The topological polar surface area (TPSA) is 9.23 Å². The molecule has 0 aliphatic heterocycles. The van der Waals surface area contributed by atoms with Gasteiger partial charge in [-0.2, -0.15) is 0 Å². The van der Waals surface area contributed by atoms with Crippen LogP contribution >= 0.6 is 0 Å². The average Bonchev–Trinajstić information content (AvgIpc) is 2.46. The van der Waals surface area contributed by atoms with Crippen LogP contribution in [0.1, 0.15) is 70.1 Å². The van der Waals surface area contributed by atoms with Gasteiger partial charge in [0.25, 0.3) is 0 Å². The monoisotopic (exact) mass is 302 g/mol. The number of aryl methyl sites for hydroxylation is 2. The minimum absolute atomic E-state index is 0.686. The third-order valence-corrected chi connectivity index (χ3v) is 4.41. The summed E-state index contributed by atoms with van der Waals surface area (Å²) in [6.45, 7) is 14.1. The Bertz CT molecular complexity index is 458. The lowest BCUT2D eigenvalue weighted by Gasteiger charge is -2.17. The van der Waals surface area contributed by atoms with Crippen molar-refractivity contribution in [1.29, 1.82) is 0 Å². The van der Waals surface area contributed by atoms with E-state index in [1.165, 1.54) is 47.9 Å². The molecule has 0 aliphatic carbocycles. The molecule has 0 spiro atoms. The van der Waals surface area contributed by atoms with Crippen molar-refractivity contribution in [2.24, 2.45) is 5.92 Å². The molecule has 0 saturated carbocycles. The van der Waals surface area contributed by atoms with Gasteiger partial charge in [-0.25, -0.2) is 0 Å². The van der Waals surface area contributed by atoms with Crippen LogP contribution in [0.25, 0.3) is 0 Å². The third kappa shape index (κ3) is 6.25. The van der Waals surface area contributed by atoms with E-state index >= 15 is 0 Å². The zero-order valence-electron chi connectivity index (χ0n) is 15.5. The molecule has 0 bridgehead atoms. The maximum absolute atomic E-state index is 6.08. The van der Waals surface area contributed by atoms with E-state index in [0.29, 0.717) is 5.92 Å². The van der Waals surface area contributed by atoms with Crippen LogP contribution < -0.4 is 4.74 Å². The molecule has 0 N–H and O–H groups in total. The van der Waals surface area contributed by atoms with Gasteiger partial charge in [0, 0.05) is 0 Å². The Kier molecular flexibility index (Phi) is 8.30. The molecule has 0 aromatic heterocycles. The summed E-state index contributed by atoms with van der Waals surface area (Å²) in [7, 11) is 0. The van der Waals surface area contributed by atoms with Crippen LogP contribution in [-0.4, -0.2) is 6.61 Å². The van der Waals surface area contributed by atoms with Crippen molar-refractivity contribution in [2.45, 2.75) is 73.6 Å². The van der Waals surface area contributed by atoms with Crippen molar-refractivity contribution in [3.8, 4) is 5.75 Å². The van der Waals surface area contributed by atoms with Crippen LogP contribution in [0, 0.1) is 19.8 Å². The van der Waals surface area contributed by atoms with Gasteiger partial charge in [0.05, 0.1) is 6.61 Å². The summed E-state index contributed by atoms with van der Waals surface area (Å²) in [5.74, 6) is 1.72. The van der Waals surface area contributed by atoms with Crippen LogP contribution in [0.15, 0.2) is 23.8 Å². The number of hydrogen-bond donors (Lipinski definition) is 0. The predicted molar refractivity (Wildman–Crippen MR) is 97.9 cm³/mol. The highest BCUT2D eigenvalue weighted by molar-refractivity contribution is 5.42. The lowest BCUT2D eigenvalue weighted by Crippen LogP contribution is -2.11. The molecule has 0 heterocycles. The molecule has 0 saturated heterocycles. The van der Waals surface area contributed by atoms with Crippen molar-refractivity contribution in [3.63, 3.8) is 0 Å². The van der Waals surface area contributed by atoms with Crippen molar-refractivity contribution in [3.05, 3.63) is 40.5 Å². The first-order chi connectivity index (χ1) is 10.5. The molecule has 0 fully saturated rings. The number of rotatable bonds is 9. The van der Waals surface area contributed by atoms with Gasteiger partial charge in [0.2, 0.25) is 0 Å². The molecule has 0 radical (unpaired) electrons. The van der Waals surface area contributed by atoms with Gasteiger partial charge in [-0.15, -0.1) is 0 Å². The molecule has 0 aliphatic rings. The molecule has 1 aromatic rings. The molecule has 1 atom stereocenters. The molecule has 0 amide bonds. The number of unbranched alkanes of at least 4 members (excludes halogenated alkanes) is 1. The number of hydrogen-bond acceptors (Lipinski definition) is 1. The van der Waals surface area contributed by atoms with Crippen LogP contribution in [0.2, 0.25) is 0 Å². The Labute approximate surface area is 137 Å². The van der Waals surface area contributed by atoms with Crippen LogP contribution in [0.4, 0.5) is 0 Å². The normalized spacial score (nSPS) is 12.1. The van der Waals surface area contributed by atoms with E-state index in [-0.39, 0.29) is 0 Å². The zero-order valence-corrected chi connectivity index (χ0v) is 15.5. The molecule has 1 unspecified atom stereocenters. The Balaban J connectivity index is 2.71. The quantitative estimate of drug-likeness (QED) is 0.479. The summed E-state index contributed by atoms with van der Waals surface area (Å²) < 4.78 is 6.08. The highest BCUT2D eigenvalue weighted by Gasteiger charge is 2.09. The minimum atomic E-state index is 0.686. The predicted octanol–water partition coefficient (Wildman–Crippen LogP) is 6.41. The summed E-state index contributed by atoms with van der Waals surface area (Å²) in [6.07, 6.45) is 8.39. The largest absolute Gasteiger partial charge is 0.493 e. The fourth-order valence-electron chi connectivity index (χ4n) is 2.78. The van der Waals surface area contributed by atoms with Gasteiger partial charge in [0.1, 0.15) is 5.75 Å².